The zero-order valence-corrected chi connectivity index (χ0v) is 17.3. The van der Waals surface area contributed by atoms with E-state index < -0.39 is 0 Å². The first-order valence-corrected chi connectivity index (χ1v) is 10.3. The predicted molar refractivity (Wildman–Crippen MR) is 114 cm³/mol. The molecule has 0 spiro atoms. The highest BCUT2D eigenvalue weighted by Crippen LogP contribution is 2.38. The number of nitrogens with zero attached hydrogens (tertiary/aromatic N) is 4. The number of benzene rings is 2. The highest BCUT2D eigenvalue weighted by molar-refractivity contribution is 5.79. The third kappa shape index (κ3) is 3.84. The first kappa shape index (κ1) is 19.5. The van der Waals surface area contributed by atoms with Crippen LogP contribution >= 0.6 is 0 Å². The van der Waals surface area contributed by atoms with E-state index in [0.29, 0.717) is 31.9 Å². The summed E-state index contributed by atoms with van der Waals surface area (Å²) in [5.41, 5.74) is 4.61. The number of hydrogen-bond donors (Lipinski definition) is 0. The number of rotatable bonds is 4. The molecule has 1 aromatic heterocycles. The van der Waals surface area contributed by atoms with E-state index in [-0.39, 0.29) is 18.3 Å². The van der Waals surface area contributed by atoms with E-state index in [1.165, 1.54) is 6.07 Å². The van der Waals surface area contributed by atoms with Gasteiger partial charge in [0.15, 0.2) is 0 Å². The SMILES string of the molecule is Cc1ccc2c(c1)-c1c(cnn1CC(=O)N1C=CCN(Cc3ccccc3F)C1)CO2. The standard InChI is InChI=1S/C24H23FN4O2/c1-17-7-8-22-20(11-17)24-19(15-31-22)12-26-29(24)14-23(30)28-10-4-9-27(16-28)13-18-5-2-3-6-21(18)25/h2-8,10-12H,9,13-16H2,1H3. The Morgan fingerprint density at radius 2 is 2.10 bits per heavy atom. The van der Waals surface area contributed by atoms with E-state index in [4.69, 9.17) is 4.74 Å². The molecular formula is C24H23FN4O2. The molecule has 3 heterocycles. The van der Waals surface area contributed by atoms with Gasteiger partial charge in [0.05, 0.1) is 18.6 Å². The first-order valence-electron chi connectivity index (χ1n) is 10.3. The van der Waals surface area contributed by atoms with Gasteiger partial charge < -0.3 is 9.64 Å². The molecule has 0 radical (unpaired) electrons. The maximum atomic E-state index is 14.0. The number of aromatic nitrogens is 2. The molecule has 0 saturated heterocycles. The van der Waals surface area contributed by atoms with E-state index in [2.05, 4.69) is 11.2 Å². The van der Waals surface area contributed by atoms with E-state index in [0.717, 1.165) is 28.1 Å². The number of carbonyl (C=O) groups is 1. The van der Waals surface area contributed by atoms with Crippen molar-refractivity contribution in [2.75, 3.05) is 13.2 Å². The van der Waals surface area contributed by atoms with Crippen LogP contribution in [0.2, 0.25) is 0 Å². The number of carbonyl (C=O) groups excluding carboxylic acids is 1. The highest BCUT2D eigenvalue weighted by Gasteiger charge is 2.25. The quantitative estimate of drug-likeness (QED) is 0.648. The molecule has 158 valence electrons. The van der Waals surface area contributed by atoms with Gasteiger partial charge in [-0.25, -0.2) is 4.39 Å². The molecule has 3 aromatic rings. The van der Waals surface area contributed by atoms with Crippen molar-refractivity contribution in [1.29, 1.82) is 0 Å². The summed E-state index contributed by atoms with van der Waals surface area (Å²) in [6.07, 6.45) is 5.50. The Bertz CT molecular complexity index is 1170. The number of fused-ring (bicyclic) bond motifs is 3. The predicted octanol–water partition coefficient (Wildman–Crippen LogP) is 3.71. The smallest absolute Gasteiger partial charge is 0.249 e. The Labute approximate surface area is 180 Å². The minimum atomic E-state index is -0.228. The average Bonchev–Trinajstić information content (AvgIpc) is 3.19. The number of amides is 1. The zero-order chi connectivity index (χ0) is 21.4. The highest BCUT2D eigenvalue weighted by atomic mass is 19.1. The zero-order valence-electron chi connectivity index (χ0n) is 17.3. The molecule has 0 atom stereocenters. The van der Waals surface area contributed by atoms with Crippen LogP contribution in [0.4, 0.5) is 4.39 Å². The van der Waals surface area contributed by atoms with Crippen LogP contribution in [0.1, 0.15) is 16.7 Å². The summed E-state index contributed by atoms with van der Waals surface area (Å²) < 4.78 is 21.6. The summed E-state index contributed by atoms with van der Waals surface area (Å²) in [6.45, 7) is 4.12. The van der Waals surface area contributed by atoms with Gasteiger partial charge in [0.2, 0.25) is 5.91 Å². The summed E-state index contributed by atoms with van der Waals surface area (Å²) >= 11 is 0. The van der Waals surface area contributed by atoms with Crippen molar-refractivity contribution in [2.24, 2.45) is 0 Å². The van der Waals surface area contributed by atoms with Gasteiger partial charge >= 0.3 is 0 Å². The van der Waals surface area contributed by atoms with Crippen LogP contribution < -0.4 is 4.74 Å². The van der Waals surface area contributed by atoms with Crippen LogP contribution in [0.15, 0.2) is 60.9 Å². The van der Waals surface area contributed by atoms with Crippen molar-refractivity contribution >= 4 is 5.91 Å². The molecule has 0 bridgehead atoms. The van der Waals surface area contributed by atoms with Gasteiger partial charge in [-0.15, -0.1) is 0 Å². The molecule has 2 aliphatic rings. The minimum absolute atomic E-state index is 0.0684. The van der Waals surface area contributed by atoms with Crippen LogP contribution in [-0.4, -0.2) is 38.7 Å². The Morgan fingerprint density at radius 1 is 1.23 bits per heavy atom. The molecule has 1 amide bonds. The van der Waals surface area contributed by atoms with Gasteiger partial charge in [-0.05, 0) is 25.1 Å². The Balaban J connectivity index is 1.33. The Kier molecular flexibility index (Phi) is 5.03. The van der Waals surface area contributed by atoms with Gasteiger partial charge in [-0.2, -0.15) is 5.10 Å². The van der Waals surface area contributed by atoms with Gasteiger partial charge in [0.1, 0.15) is 24.7 Å². The average molecular weight is 418 g/mol. The lowest BCUT2D eigenvalue weighted by molar-refractivity contribution is -0.131. The molecule has 0 fully saturated rings. The lowest BCUT2D eigenvalue weighted by atomic mass is 10.0. The van der Waals surface area contributed by atoms with Crippen LogP contribution in [-0.2, 0) is 24.5 Å². The fourth-order valence-corrected chi connectivity index (χ4v) is 4.08. The third-order valence-corrected chi connectivity index (χ3v) is 5.65. The number of ether oxygens (including phenoxy) is 1. The van der Waals surface area contributed by atoms with Crippen molar-refractivity contribution in [2.45, 2.75) is 26.6 Å². The van der Waals surface area contributed by atoms with Crippen molar-refractivity contribution in [1.82, 2.24) is 19.6 Å². The normalized spacial score (nSPS) is 15.4. The van der Waals surface area contributed by atoms with Crippen LogP contribution in [0.5, 0.6) is 5.75 Å². The molecule has 0 N–H and O–H groups in total. The van der Waals surface area contributed by atoms with E-state index in [1.807, 2.05) is 36.1 Å². The molecule has 0 unspecified atom stereocenters. The van der Waals surface area contributed by atoms with Gasteiger partial charge in [-0.1, -0.05) is 35.9 Å². The van der Waals surface area contributed by atoms with Crippen LogP contribution in [0.3, 0.4) is 0 Å². The summed E-state index contributed by atoms with van der Waals surface area (Å²) in [5, 5.41) is 4.46. The van der Waals surface area contributed by atoms with Crippen molar-refractivity contribution in [3.05, 3.63) is 83.4 Å². The second kappa shape index (κ2) is 8.00. The summed E-state index contributed by atoms with van der Waals surface area (Å²) in [6, 6.07) is 12.8. The Morgan fingerprint density at radius 3 is 2.97 bits per heavy atom. The summed E-state index contributed by atoms with van der Waals surface area (Å²) in [5.74, 6) is 0.511. The molecule has 0 saturated carbocycles. The maximum Gasteiger partial charge on any atom is 0.249 e. The fourth-order valence-electron chi connectivity index (χ4n) is 4.08. The molecule has 6 nitrogen and oxygen atoms in total. The fraction of sp³-hybridized carbons (Fsp3) is 0.250. The van der Waals surface area contributed by atoms with Crippen LogP contribution in [0.25, 0.3) is 11.3 Å². The Hall–Kier alpha value is -3.45. The summed E-state index contributed by atoms with van der Waals surface area (Å²) in [7, 11) is 0. The third-order valence-electron chi connectivity index (χ3n) is 5.65. The molecule has 7 heteroatoms. The topological polar surface area (TPSA) is 50.6 Å². The van der Waals surface area contributed by atoms with Crippen molar-refractivity contribution in [3.8, 4) is 17.0 Å². The van der Waals surface area contributed by atoms with E-state index in [1.54, 1.807) is 34.1 Å². The van der Waals surface area contributed by atoms with Crippen LogP contribution in [0, 0.1) is 12.7 Å². The number of hydrogen-bond acceptors (Lipinski definition) is 4. The molecular weight excluding hydrogens is 395 g/mol. The van der Waals surface area contributed by atoms with Crippen molar-refractivity contribution < 1.29 is 13.9 Å². The van der Waals surface area contributed by atoms with Gasteiger partial charge in [0, 0.05) is 36.0 Å². The van der Waals surface area contributed by atoms with E-state index >= 15 is 0 Å². The van der Waals surface area contributed by atoms with Gasteiger partial charge in [-0.3, -0.25) is 14.4 Å². The second-order valence-electron chi connectivity index (χ2n) is 7.96. The maximum absolute atomic E-state index is 14.0. The second-order valence-corrected chi connectivity index (χ2v) is 7.96. The largest absolute Gasteiger partial charge is 0.488 e. The molecule has 2 aromatic carbocycles. The molecule has 31 heavy (non-hydrogen) atoms. The molecule has 2 aliphatic heterocycles. The number of halogens is 1. The monoisotopic (exact) mass is 418 g/mol. The van der Waals surface area contributed by atoms with Crippen molar-refractivity contribution in [3.63, 3.8) is 0 Å². The summed E-state index contributed by atoms with van der Waals surface area (Å²) in [4.78, 5) is 16.8. The number of aryl methyl sites for hydroxylation is 1. The van der Waals surface area contributed by atoms with Gasteiger partial charge in [0.25, 0.3) is 0 Å². The van der Waals surface area contributed by atoms with E-state index in [9.17, 15) is 9.18 Å². The molecule has 5 rings (SSSR count). The molecule has 0 aliphatic carbocycles. The minimum Gasteiger partial charge on any atom is -0.488 e. The lowest BCUT2D eigenvalue weighted by Crippen LogP contribution is -2.42. The first-order chi connectivity index (χ1) is 15.1. The lowest BCUT2D eigenvalue weighted by Gasteiger charge is -2.31.